The third kappa shape index (κ3) is 3.72. The van der Waals surface area contributed by atoms with E-state index in [2.05, 4.69) is 36.3 Å². The molecule has 0 spiro atoms. The number of hydrogen-bond donors (Lipinski definition) is 2. The van der Waals surface area contributed by atoms with E-state index < -0.39 is 0 Å². The first kappa shape index (κ1) is 13.9. The summed E-state index contributed by atoms with van der Waals surface area (Å²) in [4.78, 5) is 4.54. The average molecular weight is 259 g/mol. The number of benzene rings is 1. The third-order valence-electron chi connectivity index (χ3n) is 4.10. The number of aliphatic imine (C=N–C) groups is 1. The van der Waals surface area contributed by atoms with Gasteiger partial charge in [-0.3, -0.25) is 4.99 Å². The molecule has 3 nitrogen and oxygen atoms in total. The van der Waals surface area contributed by atoms with Crippen molar-refractivity contribution in [1.82, 2.24) is 0 Å². The van der Waals surface area contributed by atoms with Gasteiger partial charge in [-0.15, -0.1) is 0 Å². The van der Waals surface area contributed by atoms with Crippen molar-refractivity contribution in [2.75, 3.05) is 11.9 Å². The molecule has 0 saturated heterocycles. The van der Waals surface area contributed by atoms with Crippen molar-refractivity contribution < 1.29 is 0 Å². The Balaban J connectivity index is 1.90. The third-order valence-corrected chi connectivity index (χ3v) is 4.10. The molecule has 104 valence electrons. The van der Waals surface area contributed by atoms with Crippen LogP contribution in [0.5, 0.6) is 0 Å². The molecule has 1 aliphatic rings. The number of nitrogens with two attached hydrogens (primary N) is 1. The number of hydrogen-bond acceptors (Lipinski definition) is 1. The lowest BCUT2D eigenvalue weighted by Gasteiger charge is -2.40. The van der Waals surface area contributed by atoms with Crippen LogP contribution >= 0.6 is 0 Å². The molecule has 0 amide bonds. The molecule has 0 radical (unpaired) electrons. The van der Waals surface area contributed by atoms with Crippen LogP contribution < -0.4 is 11.1 Å². The molecule has 3 N–H and O–H groups in total. The van der Waals surface area contributed by atoms with Crippen molar-refractivity contribution in [1.29, 1.82) is 0 Å². The van der Waals surface area contributed by atoms with Gasteiger partial charge in [-0.1, -0.05) is 37.5 Å². The molecule has 0 atom stereocenters. The first-order chi connectivity index (χ1) is 9.13. The van der Waals surface area contributed by atoms with E-state index in [9.17, 15) is 0 Å². The second-order valence-corrected chi connectivity index (χ2v) is 5.80. The van der Waals surface area contributed by atoms with Gasteiger partial charge < -0.3 is 11.1 Å². The Bertz CT molecular complexity index is 430. The minimum atomic E-state index is 0.439. The molecular formula is C16H25N3. The Hall–Kier alpha value is -1.51. The smallest absolute Gasteiger partial charge is 0.193 e. The number of nitrogens with zero attached hydrogens (tertiary/aromatic N) is 1. The first-order valence-corrected chi connectivity index (χ1v) is 7.27. The highest BCUT2D eigenvalue weighted by Crippen LogP contribution is 2.44. The van der Waals surface area contributed by atoms with Crippen molar-refractivity contribution in [3.05, 3.63) is 29.8 Å². The summed E-state index contributed by atoms with van der Waals surface area (Å²) >= 11 is 0. The molecule has 3 heteroatoms. The molecule has 0 aliphatic heterocycles. The number of aryl methyl sites for hydroxylation is 1. The van der Waals surface area contributed by atoms with Gasteiger partial charge in [-0.05, 0) is 43.7 Å². The lowest BCUT2D eigenvalue weighted by molar-refractivity contribution is 0.130. The lowest BCUT2D eigenvalue weighted by atomic mass is 9.66. The Kier molecular flexibility index (Phi) is 4.46. The fourth-order valence-electron chi connectivity index (χ4n) is 2.77. The van der Waals surface area contributed by atoms with Crippen LogP contribution in [0.4, 0.5) is 5.69 Å². The zero-order valence-electron chi connectivity index (χ0n) is 12.1. The minimum Gasteiger partial charge on any atom is -0.370 e. The monoisotopic (exact) mass is 259 g/mol. The highest BCUT2D eigenvalue weighted by atomic mass is 15.1. The zero-order chi connectivity index (χ0) is 13.7. The van der Waals surface area contributed by atoms with Crippen molar-refractivity contribution in [3.63, 3.8) is 0 Å². The van der Waals surface area contributed by atoms with Gasteiger partial charge in [-0.2, -0.15) is 0 Å². The SMILES string of the molecule is CCCC1(CN=C(N)Nc2ccc(C)cc2)CCC1. The van der Waals surface area contributed by atoms with Gasteiger partial charge in [0.25, 0.3) is 0 Å². The molecule has 19 heavy (non-hydrogen) atoms. The van der Waals surface area contributed by atoms with Crippen molar-refractivity contribution in [2.45, 2.75) is 46.0 Å². The van der Waals surface area contributed by atoms with Crippen LogP contribution in [0.3, 0.4) is 0 Å². The number of anilines is 1. The molecule has 1 aromatic carbocycles. The van der Waals surface area contributed by atoms with Crippen LogP contribution in [0.2, 0.25) is 0 Å². The predicted octanol–water partition coefficient (Wildman–Crippen LogP) is 3.69. The highest BCUT2D eigenvalue weighted by molar-refractivity contribution is 5.92. The quantitative estimate of drug-likeness (QED) is 0.626. The summed E-state index contributed by atoms with van der Waals surface area (Å²) in [6.07, 6.45) is 6.47. The van der Waals surface area contributed by atoms with Crippen LogP contribution in [-0.4, -0.2) is 12.5 Å². The van der Waals surface area contributed by atoms with Gasteiger partial charge in [0.05, 0.1) is 0 Å². The van der Waals surface area contributed by atoms with Gasteiger partial charge >= 0.3 is 0 Å². The van der Waals surface area contributed by atoms with E-state index in [0.717, 1.165) is 12.2 Å². The molecule has 1 aromatic rings. The summed E-state index contributed by atoms with van der Waals surface area (Å²) in [7, 11) is 0. The molecule has 0 bridgehead atoms. The maximum absolute atomic E-state index is 5.96. The van der Waals surface area contributed by atoms with E-state index >= 15 is 0 Å². The van der Waals surface area contributed by atoms with Gasteiger partial charge in [0.15, 0.2) is 5.96 Å². The Morgan fingerprint density at radius 3 is 2.53 bits per heavy atom. The Morgan fingerprint density at radius 1 is 1.32 bits per heavy atom. The van der Waals surface area contributed by atoms with Gasteiger partial charge in [0.2, 0.25) is 0 Å². The summed E-state index contributed by atoms with van der Waals surface area (Å²) in [5, 5.41) is 3.16. The fraction of sp³-hybridized carbons (Fsp3) is 0.562. The normalized spacial score (nSPS) is 17.9. The predicted molar refractivity (Wildman–Crippen MR) is 82.5 cm³/mol. The first-order valence-electron chi connectivity index (χ1n) is 7.27. The second-order valence-electron chi connectivity index (χ2n) is 5.80. The van der Waals surface area contributed by atoms with Crippen LogP contribution in [-0.2, 0) is 0 Å². The maximum Gasteiger partial charge on any atom is 0.193 e. The van der Waals surface area contributed by atoms with E-state index in [-0.39, 0.29) is 0 Å². The Morgan fingerprint density at radius 2 is 2.00 bits per heavy atom. The van der Waals surface area contributed by atoms with E-state index in [0.29, 0.717) is 11.4 Å². The van der Waals surface area contributed by atoms with Crippen LogP contribution in [0.25, 0.3) is 0 Å². The van der Waals surface area contributed by atoms with Gasteiger partial charge in [0, 0.05) is 12.2 Å². The molecule has 1 fully saturated rings. The summed E-state index contributed by atoms with van der Waals surface area (Å²) in [6.45, 7) is 5.19. The summed E-state index contributed by atoms with van der Waals surface area (Å²) in [5.41, 5.74) is 8.66. The Labute approximate surface area is 116 Å². The van der Waals surface area contributed by atoms with E-state index in [4.69, 9.17) is 5.73 Å². The maximum atomic E-state index is 5.96. The van der Waals surface area contributed by atoms with Gasteiger partial charge in [-0.25, -0.2) is 0 Å². The van der Waals surface area contributed by atoms with Crippen molar-refractivity contribution in [3.8, 4) is 0 Å². The number of nitrogens with one attached hydrogen (secondary N) is 1. The highest BCUT2D eigenvalue weighted by Gasteiger charge is 2.35. The topological polar surface area (TPSA) is 50.4 Å². The molecule has 0 aromatic heterocycles. The molecule has 0 unspecified atom stereocenters. The molecule has 0 heterocycles. The van der Waals surface area contributed by atoms with E-state index in [1.54, 1.807) is 0 Å². The summed E-state index contributed by atoms with van der Waals surface area (Å²) in [5.74, 6) is 0.534. The average Bonchev–Trinajstić information content (AvgIpc) is 2.35. The summed E-state index contributed by atoms with van der Waals surface area (Å²) < 4.78 is 0. The molecule has 1 saturated carbocycles. The van der Waals surface area contributed by atoms with E-state index in [1.165, 1.54) is 37.7 Å². The molecule has 2 rings (SSSR count). The van der Waals surface area contributed by atoms with Gasteiger partial charge in [0.1, 0.15) is 0 Å². The summed E-state index contributed by atoms with van der Waals surface area (Å²) in [6, 6.07) is 8.20. The minimum absolute atomic E-state index is 0.439. The second kappa shape index (κ2) is 6.09. The molecular weight excluding hydrogens is 234 g/mol. The largest absolute Gasteiger partial charge is 0.370 e. The van der Waals surface area contributed by atoms with Crippen LogP contribution in [0.1, 0.15) is 44.6 Å². The van der Waals surface area contributed by atoms with Crippen molar-refractivity contribution >= 4 is 11.6 Å². The van der Waals surface area contributed by atoms with Crippen molar-refractivity contribution in [2.24, 2.45) is 16.1 Å². The van der Waals surface area contributed by atoms with E-state index in [1.807, 2.05) is 12.1 Å². The fourth-order valence-corrected chi connectivity index (χ4v) is 2.77. The molecule has 1 aliphatic carbocycles. The van der Waals surface area contributed by atoms with Crippen LogP contribution in [0, 0.1) is 12.3 Å². The number of guanidine groups is 1. The standard InChI is InChI=1S/C16H25N3/c1-3-9-16(10-4-11-16)12-18-15(17)19-14-7-5-13(2)6-8-14/h5-8H,3-4,9-12H2,1-2H3,(H3,17,18,19). The van der Waals surface area contributed by atoms with Crippen LogP contribution in [0.15, 0.2) is 29.3 Å². The number of rotatable bonds is 5. The zero-order valence-corrected chi connectivity index (χ0v) is 12.1. The lowest BCUT2D eigenvalue weighted by Crippen LogP contribution is -2.34.